The fourth-order valence-corrected chi connectivity index (χ4v) is 3.53. The number of imidazole rings is 1. The molecule has 0 saturated carbocycles. The Balaban J connectivity index is 1.53. The number of fused-ring (bicyclic) bond motifs is 2. The minimum Gasteiger partial charge on any atom is -0.396 e. The minimum atomic E-state index is 0.260. The molecule has 2 N–H and O–H groups in total. The van der Waals surface area contributed by atoms with Gasteiger partial charge in [0.2, 0.25) is 5.95 Å². The summed E-state index contributed by atoms with van der Waals surface area (Å²) in [7, 11) is 0. The Morgan fingerprint density at radius 2 is 2.04 bits per heavy atom. The maximum absolute atomic E-state index is 9.32. The van der Waals surface area contributed by atoms with Gasteiger partial charge in [-0.05, 0) is 37.0 Å². The minimum absolute atomic E-state index is 0.260. The first-order chi connectivity index (χ1) is 12.8. The topological polar surface area (TPSA) is 95.7 Å². The largest absolute Gasteiger partial charge is 0.396 e. The Hall–Kier alpha value is -3.00. The van der Waals surface area contributed by atoms with Crippen molar-refractivity contribution in [3.05, 3.63) is 36.9 Å². The lowest BCUT2D eigenvalue weighted by Gasteiger charge is -2.30. The lowest BCUT2D eigenvalue weighted by atomic mass is 9.98. The van der Waals surface area contributed by atoms with Gasteiger partial charge in [0, 0.05) is 25.1 Å². The Morgan fingerprint density at radius 3 is 2.88 bits per heavy atom. The standard InChI is InChI=1S/C18H19N7O/c26-10-12-3-5-24(6-4-12)18-19-9-16-17(22-18)25(11-20-16)14-2-1-13-8-21-23-15(13)7-14/h1-2,7-9,11-12,26H,3-6,10H2,(H,21,23). The van der Waals surface area contributed by atoms with Gasteiger partial charge in [-0.25, -0.2) is 9.97 Å². The molecule has 4 aromatic rings. The molecule has 0 bridgehead atoms. The predicted octanol–water partition coefficient (Wildman–Crippen LogP) is 1.90. The van der Waals surface area contributed by atoms with E-state index in [2.05, 4.69) is 25.1 Å². The van der Waals surface area contributed by atoms with Crippen molar-refractivity contribution in [2.75, 3.05) is 24.6 Å². The average Bonchev–Trinajstić information content (AvgIpc) is 3.33. The van der Waals surface area contributed by atoms with E-state index in [1.807, 2.05) is 22.8 Å². The Morgan fingerprint density at radius 1 is 1.15 bits per heavy atom. The van der Waals surface area contributed by atoms with Gasteiger partial charge in [-0.1, -0.05) is 0 Å². The number of nitrogens with zero attached hydrogens (tertiary/aromatic N) is 6. The molecule has 8 nitrogen and oxygen atoms in total. The second-order valence-electron chi connectivity index (χ2n) is 6.75. The van der Waals surface area contributed by atoms with Gasteiger partial charge in [-0.3, -0.25) is 9.67 Å². The van der Waals surface area contributed by atoms with Crippen LogP contribution in [-0.4, -0.2) is 54.5 Å². The predicted molar refractivity (Wildman–Crippen MR) is 98.3 cm³/mol. The second-order valence-corrected chi connectivity index (χ2v) is 6.75. The van der Waals surface area contributed by atoms with Crippen LogP contribution in [0.15, 0.2) is 36.9 Å². The zero-order chi connectivity index (χ0) is 17.5. The van der Waals surface area contributed by atoms with E-state index >= 15 is 0 Å². The van der Waals surface area contributed by atoms with Crippen molar-refractivity contribution in [1.82, 2.24) is 29.7 Å². The van der Waals surface area contributed by atoms with Gasteiger partial charge in [-0.15, -0.1) is 0 Å². The third-order valence-corrected chi connectivity index (χ3v) is 5.14. The van der Waals surface area contributed by atoms with Crippen molar-refractivity contribution in [2.24, 2.45) is 5.92 Å². The highest BCUT2D eigenvalue weighted by molar-refractivity contribution is 5.81. The first-order valence-corrected chi connectivity index (χ1v) is 8.81. The lowest BCUT2D eigenvalue weighted by Crippen LogP contribution is -2.35. The highest BCUT2D eigenvalue weighted by Crippen LogP contribution is 2.24. The molecule has 3 aromatic heterocycles. The number of H-pyrrole nitrogens is 1. The van der Waals surface area contributed by atoms with Gasteiger partial charge in [0.25, 0.3) is 0 Å². The average molecular weight is 349 g/mol. The van der Waals surface area contributed by atoms with Gasteiger partial charge >= 0.3 is 0 Å². The quantitative estimate of drug-likeness (QED) is 0.586. The summed E-state index contributed by atoms with van der Waals surface area (Å²) in [5.41, 5.74) is 3.51. The molecule has 4 heterocycles. The number of hydrogen-bond donors (Lipinski definition) is 2. The second kappa shape index (κ2) is 6.06. The normalized spacial score (nSPS) is 16.0. The maximum Gasteiger partial charge on any atom is 0.227 e. The first kappa shape index (κ1) is 15.3. The number of hydrogen-bond acceptors (Lipinski definition) is 6. The summed E-state index contributed by atoms with van der Waals surface area (Å²) >= 11 is 0. The summed E-state index contributed by atoms with van der Waals surface area (Å²) in [6.07, 6.45) is 7.29. The van der Waals surface area contributed by atoms with Crippen LogP contribution in [0.25, 0.3) is 27.8 Å². The SMILES string of the molecule is OCC1CCN(c2ncc3ncn(-c4ccc5cn[nH]c5c4)c3n2)CC1. The van der Waals surface area contributed by atoms with Gasteiger partial charge in [0.1, 0.15) is 11.8 Å². The Bertz CT molecular complexity index is 1060. The summed E-state index contributed by atoms with van der Waals surface area (Å²) in [6.45, 7) is 1.99. The van der Waals surface area contributed by atoms with Crippen molar-refractivity contribution >= 4 is 28.0 Å². The molecule has 0 unspecified atom stereocenters. The van der Waals surface area contributed by atoms with Crippen molar-refractivity contribution in [1.29, 1.82) is 0 Å². The van der Waals surface area contributed by atoms with E-state index in [0.29, 0.717) is 5.92 Å². The molecule has 0 aliphatic carbocycles. The van der Waals surface area contributed by atoms with E-state index in [1.165, 1.54) is 0 Å². The van der Waals surface area contributed by atoms with E-state index in [1.54, 1.807) is 18.7 Å². The van der Waals surface area contributed by atoms with Crippen molar-refractivity contribution in [2.45, 2.75) is 12.8 Å². The molecular weight excluding hydrogens is 330 g/mol. The Labute approximate surface area is 149 Å². The van der Waals surface area contributed by atoms with Crippen LogP contribution in [0.3, 0.4) is 0 Å². The molecule has 8 heteroatoms. The molecule has 26 heavy (non-hydrogen) atoms. The summed E-state index contributed by atoms with van der Waals surface area (Å²) in [5.74, 6) is 1.11. The number of rotatable bonds is 3. The Kier molecular flexibility index (Phi) is 3.56. The van der Waals surface area contributed by atoms with Gasteiger partial charge in [0.15, 0.2) is 5.65 Å². The lowest BCUT2D eigenvalue weighted by molar-refractivity contribution is 0.202. The van der Waals surface area contributed by atoms with Crippen LogP contribution in [0.1, 0.15) is 12.8 Å². The monoisotopic (exact) mass is 349 g/mol. The third kappa shape index (κ3) is 2.50. The summed E-state index contributed by atoms with van der Waals surface area (Å²) < 4.78 is 1.97. The molecule has 5 rings (SSSR count). The number of aliphatic hydroxyl groups excluding tert-OH is 1. The van der Waals surface area contributed by atoms with Crippen LogP contribution in [0.5, 0.6) is 0 Å². The van der Waals surface area contributed by atoms with E-state index < -0.39 is 0 Å². The number of piperidine rings is 1. The molecule has 132 valence electrons. The van der Waals surface area contributed by atoms with Crippen LogP contribution < -0.4 is 4.90 Å². The van der Waals surface area contributed by atoms with Gasteiger partial charge < -0.3 is 10.0 Å². The molecule has 1 aliphatic heterocycles. The highest BCUT2D eigenvalue weighted by Gasteiger charge is 2.21. The van der Waals surface area contributed by atoms with Crippen LogP contribution in [0, 0.1) is 5.92 Å². The third-order valence-electron chi connectivity index (χ3n) is 5.14. The highest BCUT2D eigenvalue weighted by atomic mass is 16.3. The number of aromatic amines is 1. The summed E-state index contributed by atoms with van der Waals surface area (Å²) in [6, 6.07) is 6.10. The van der Waals surface area contributed by atoms with Gasteiger partial charge in [0.05, 0.1) is 23.6 Å². The van der Waals surface area contributed by atoms with E-state index in [-0.39, 0.29) is 6.61 Å². The maximum atomic E-state index is 9.32. The zero-order valence-electron chi connectivity index (χ0n) is 14.2. The van der Waals surface area contributed by atoms with Gasteiger partial charge in [-0.2, -0.15) is 10.1 Å². The van der Waals surface area contributed by atoms with Crippen LogP contribution in [0.4, 0.5) is 5.95 Å². The molecule has 1 saturated heterocycles. The van der Waals surface area contributed by atoms with Crippen molar-refractivity contribution < 1.29 is 5.11 Å². The molecule has 1 fully saturated rings. The number of aromatic nitrogens is 6. The molecule has 1 aromatic carbocycles. The molecular formula is C18H19N7O. The van der Waals surface area contributed by atoms with Crippen molar-refractivity contribution in [3.8, 4) is 5.69 Å². The first-order valence-electron chi connectivity index (χ1n) is 8.81. The van der Waals surface area contributed by atoms with Crippen LogP contribution >= 0.6 is 0 Å². The molecule has 0 spiro atoms. The summed E-state index contributed by atoms with van der Waals surface area (Å²) in [4.78, 5) is 15.9. The fraction of sp³-hybridized carbons (Fsp3) is 0.333. The molecule has 0 radical (unpaired) electrons. The van der Waals surface area contributed by atoms with Crippen LogP contribution in [0.2, 0.25) is 0 Å². The van der Waals surface area contributed by atoms with E-state index in [9.17, 15) is 5.11 Å². The molecule has 0 atom stereocenters. The number of aliphatic hydroxyl groups is 1. The fourth-order valence-electron chi connectivity index (χ4n) is 3.53. The van der Waals surface area contributed by atoms with Crippen LogP contribution in [-0.2, 0) is 0 Å². The number of anilines is 1. The molecule has 1 aliphatic rings. The molecule has 0 amide bonds. The van der Waals surface area contributed by atoms with E-state index in [4.69, 9.17) is 4.98 Å². The van der Waals surface area contributed by atoms with Crippen molar-refractivity contribution in [3.63, 3.8) is 0 Å². The van der Waals surface area contributed by atoms with E-state index in [0.717, 1.165) is 59.6 Å². The number of nitrogens with one attached hydrogen (secondary N) is 1. The smallest absolute Gasteiger partial charge is 0.227 e. The number of benzene rings is 1. The summed E-state index contributed by atoms with van der Waals surface area (Å²) in [5, 5.41) is 17.5. The zero-order valence-corrected chi connectivity index (χ0v) is 14.2.